The second kappa shape index (κ2) is 4.40. The van der Waals surface area contributed by atoms with E-state index in [0.717, 1.165) is 12.0 Å². The van der Waals surface area contributed by atoms with Gasteiger partial charge < -0.3 is 0 Å². The fourth-order valence-electron chi connectivity index (χ4n) is 2.71. The lowest BCUT2D eigenvalue weighted by molar-refractivity contribution is -0.130. The van der Waals surface area contributed by atoms with E-state index in [9.17, 15) is 10.1 Å². The Bertz CT molecular complexity index is 530. The Kier molecular flexibility index (Phi) is 3.21. The summed E-state index contributed by atoms with van der Waals surface area (Å²) >= 11 is 5.94. The van der Waals surface area contributed by atoms with E-state index < -0.39 is 5.41 Å². The van der Waals surface area contributed by atoms with E-state index in [4.69, 9.17) is 11.6 Å². The summed E-state index contributed by atoms with van der Waals surface area (Å²) in [6.07, 6.45) is 1.88. The number of ketones is 1. The highest BCUT2D eigenvalue weighted by Crippen LogP contribution is 2.47. The van der Waals surface area contributed by atoms with Crippen molar-refractivity contribution >= 4 is 17.4 Å². The van der Waals surface area contributed by atoms with Gasteiger partial charge in [0.25, 0.3) is 0 Å². The molecule has 94 valence electrons. The van der Waals surface area contributed by atoms with Crippen LogP contribution in [0.3, 0.4) is 0 Å². The summed E-state index contributed by atoms with van der Waals surface area (Å²) in [6.45, 7) is 3.85. The van der Waals surface area contributed by atoms with Crippen molar-refractivity contribution in [3.8, 4) is 6.07 Å². The summed E-state index contributed by atoms with van der Waals surface area (Å²) in [5.41, 5.74) is -0.294. The van der Waals surface area contributed by atoms with E-state index in [1.165, 1.54) is 0 Å². The SMILES string of the molecule is CC1(C)CCC(C#N)(Cc2cccc(Cl)c2)C1=O. The highest BCUT2D eigenvalue weighted by Gasteiger charge is 2.52. The lowest BCUT2D eigenvalue weighted by atomic mass is 9.77. The number of rotatable bonds is 2. The summed E-state index contributed by atoms with van der Waals surface area (Å²) < 4.78 is 0. The van der Waals surface area contributed by atoms with Crippen LogP contribution in [0.1, 0.15) is 32.3 Å². The first-order valence-corrected chi connectivity index (χ1v) is 6.48. The van der Waals surface area contributed by atoms with Gasteiger partial charge in [0.2, 0.25) is 0 Å². The van der Waals surface area contributed by atoms with Gasteiger partial charge >= 0.3 is 0 Å². The van der Waals surface area contributed by atoms with Crippen molar-refractivity contribution in [3.63, 3.8) is 0 Å². The highest BCUT2D eigenvalue weighted by molar-refractivity contribution is 6.30. The molecule has 1 aromatic carbocycles. The lowest BCUT2D eigenvalue weighted by Gasteiger charge is -2.22. The van der Waals surface area contributed by atoms with E-state index >= 15 is 0 Å². The minimum atomic E-state index is -0.867. The minimum Gasteiger partial charge on any atom is -0.297 e. The van der Waals surface area contributed by atoms with Crippen LogP contribution in [0.15, 0.2) is 24.3 Å². The predicted molar refractivity (Wildman–Crippen MR) is 71.2 cm³/mol. The number of halogens is 1. The third-order valence-corrected chi connectivity index (χ3v) is 4.07. The number of hydrogen-bond donors (Lipinski definition) is 0. The van der Waals surface area contributed by atoms with Gasteiger partial charge in [-0.15, -0.1) is 0 Å². The van der Waals surface area contributed by atoms with E-state index in [-0.39, 0.29) is 11.2 Å². The summed E-state index contributed by atoms with van der Waals surface area (Å²) in [5.74, 6) is 0.0671. The molecule has 0 aliphatic heterocycles. The molecule has 1 aromatic rings. The van der Waals surface area contributed by atoms with Gasteiger partial charge in [-0.2, -0.15) is 5.26 Å². The van der Waals surface area contributed by atoms with Gasteiger partial charge in [-0.3, -0.25) is 4.79 Å². The maximum atomic E-state index is 12.4. The molecule has 1 aliphatic carbocycles. The number of carbonyl (C=O) groups is 1. The zero-order valence-electron chi connectivity index (χ0n) is 10.7. The zero-order chi connectivity index (χ0) is 13.4. The molecule has 2 nitrogen and oxygen atoms in total. The number of carbonyl (C=O) groups excluding carboxylic acids is 1. The fraction of sp³-hybridized carbons (Fsp3) is 0.467. The largest absolute Gasteiger partial charge is 0.297 e. The Hall–Kier alpha value is -1.33. The van der Waals surface area contributed by atoms with E-state index in [0.29, 0.717) is 17.9 Å². The normalized spacial score (nSPS) is 26.0. The standard InChI is InChI=1S/C15H16ClNO/c1-14(2)6-7-15(10-17,13(14)18)9-11-4-3-5-12(16)8-11/h3-5,8H,6-7,9H2,1-2H3. The Labute approximate surface area is 113 Å². The van der Waals surface area contributed by atoms with Crippen LogP contribution in [0.25, 0.3) is 0 Å². The van der Waals surface area contributed by atoms with Crippen molar-refractivity contribution < 1.29 is 4.79 Å². The molecule has 0 amide bonds. The number of Topliss-reactive ketones (excluding diaryl/α,β-unsaturated/α-hetero) is 1. The summed E-state index contributed by atoms with van der Waals surface area (Å²) in [5, 5.41) is 10.1. The van der Waals surface area contributed by atoms with Crippen molar-refractivity contribution in [3.05, 3.63) is 34.9 Å². The van der Waals surface area contributed by atoms with Gasteiger partial charge in [-0.05, 0) is 37.0 Å². The summed E-state index contributed by atoms with van der Waals surface area (Å²) in [7, 11) is 0. The molecular weight excluding hydrogens is 246 g/mol. The average molecular weight is 262 g/mol. The molecule has 18 heavy (non-hydrogen) atoms. The number of benzene rings is 1. The Morgan fingerprint density at radius 3 is 2.61 bits per heavy atom. The lowest BCUT2D eigenvalue weighted by Crippen LogP contribution is -2.33. The van der Waals surface area contributed by atoms with Gasteiger partial charge in [-0.25, -0.2) is 0 Å². The van der Waals surface area contributed by atoms with Crippen LogP contribution < -0.4 is 0 Å². The van der Waals surface area contributed by atoms with Gasteiger partial charge in [0.05, 0.1) is 6.07 Å². The van der Waals surface area contributed by atoms with Gasteiger partial charge in [0.15, 0.2) is 5.78 Å². The van der Waals surface area contributed by atoms with E-state index in [2.05, 4.69) is 6.07 Å². The predicted octanol–water partition coefficient (Wildman–Crippen LogP) is 3.78. The Balaban J connectivity index is 2.32. The molecule has 1 unspecified atom stereocenters. The van der Waals surface area contributed by atoms with Crippen molar-refractivity contribution in [1.29, 1.82) is 5.26 Å². The zero-order valence-corrected chi connectivity index (χ0v) is 11.4. The first-order chi connectivity index (χ1) is 8.39. The second-order valence-electron chi connectivity index (χ2n) is 5.71. The maximum Gasteiger partial charge on any atom is 0.158 e. The quantitative estimate of drug-likeness (QED) is 0.813. The third kappa shape index (κ3) is 2.15. The number of hydrogen-bond acceptors (Lipinski definition) is 2. The molecular formula is C15H16ClNO. The van der Waals surface area contributed by atoms with Crippen LogP contribution in [-0.4, -0.2) is 5.78 Å². The molecule has 1 fully saturated rings. The number of nitrogens with zero attached hydrogens (tertiary/aromatic N) is 1. The van der Waals surface area contributed by atoms with E-state index in [1.54, 1.807) is 6.07 Å². The minimum absolute atomic E-state index is 0.0671. The van der Waals surface area contributed by atoms with Gasteiger partial charge in [0.1, 0.15) is 5.41 Å². The smallest absolute Gasteiger partial charge is 0.158 e. The van der Waals surface area contributed by atoms with Crippen LogP contribution in [0, 0.1) is 22.2 Å². The topological polar surface area (TPSA) is 40.9 Å². The monoisotopic (exact) mass is 261 g/mol. The summed E-state index contributed by atoms with van der Waals surface area (Å²) in [6, 6.07) is 9.66. The van der Waals surface area contributed by atoms with Gasteiger partial charge in [0, 0.05) is 10.4 Å². The van der Waals surface area contributed by atoms with Crippen LogP contribution in [0.2, 0.25) is 5.02 Å². The van der Waals surface area contributed by atoms with Crippen molar-refractivity contribution in [1.82, 2.24) is 0 Å². The second-order valence-corrected chi connectivity index (χ2v) is 6.15. The van der Waals surface area contributed by atoms with Gasteiger partial charge in [-0.1, -0.05) is 37.6 Å². The fourth-order valence-corrected chi connectivity index (χ4v) is 2.92. The molecule has 0 radical (unpaired) electrons. The van der Waals surface area contributed by atoms with Crippen LogP contribution in [-0.2, 0) is 11.2 Å². The van der Waals surface area contributed by atoms with Crippen LogP contribution >= 0.6 is 11.6 Å². The molecule has 0 spiro atoms. The van der Waals surface area contributed by atoms with Crippen LogP contribution in [0.4, 0.5) is 0 Å². The van der Waals surface area contributed by atoms with Crippen molar-refractivity contribution in [2.24, 2.45) is 10.8 Å². The first kappa shape index (κ1) is 13.1. The van der Waals surface area contributed by atoms with Crippen molar-refractivity contribution in [2.45, 2.75) is 33.1 Å². The molecule has 0 heterocycles. The molecule has 0 bridgehead atoms. The molecule has 0 aromatic heterocycles. The van der Waals surface area contributed by atoms with Crippen molar-refractivity contribution in [2.75, 3.05) is 0 Å². The molecule has 1 atom stereocenters. The average Bonchev–Trinajstić information content (AvgIpc) is 2.54. The third-order valence-electron chi connectivity index (χ3n) is 3.84. The Morgan fingerprint density at radius 1 is 1.39 bits per heavy atom. The molecule has 1 saturated carbocycles. The first-order valence-electron chi connectivity index (χ1n) is 6.10. The molecule has 0 saturated heterocycles. The highest BCUT2D eigenvalue weighted by atomic mass is 35.5. The maximum absolute atomic E-state index is 12.4. The molecule has 0 N–H and O–H groups in total. The van der Waals surface area contributed by atoms with Crippen LogP contribution in [0.5, 0.6) is 0 Å². The molecule has 3 heteroatoms. The van der Waals surface area contributed by atoms with E-state index in [1.807, 2.05) is 32.0 Å². The Morgan fingerprint density at radius 2 is 2.11 bits per heavy atom. The summed E-state index contributed by atoms with van der Waals surface area (Å²) in [4.78, 5) is 12.4. The molecule has 1 aliphatic rings. The number of nitriles is 1. The molecule has 2 rings (SSSR count).